The quantitative estimate of drug-likeness (QED) is 0.813. The fourth-order valence-corrected chi connectivity index (χ4v) is 3.53. The number of carbonyl (C=O) groups excluding carboxylic acids is 1. The standard InChI is InChI=1S/C18H24N2O2/c1-12-4-2-7-16-18(12)14(11-19-16)9-17(22)20-10-13-5-3-6-15(21)8-13/h2,4,7,11,13,15,19,21H,3,5-6,8-10H2,1H3,(H,20,22). The molecule has 118 valence electrons. The third-order valence-corrected chi connectivity index (χ3v) is 4.69. The molecular formula is C18H24N2O2. The summed E-state index contributed by atoms with van der Waals surface area (Å²) in [5, 5.41) is 13.9. The van der Waals surface area contributed by atoms with Crippen molar-refractivity contribution in [1.29, 1.82) is 0 Å². The van der Waals surface area contributed by atoms with E-state index in [9.17, 15) is 9.90 Å². The Morgan fingerprint density at radius 2 is 2.27 bits per heavy atom. The molecule has 0 spiro atoms. The van der Waals surface area contributed by atoms with E-state index in [0.29, 0.717) is 18.9 Å². The second-order valence-electron chi connectivity index (χ2n) is 6.48. The van der Waals surface area contributed by atoms with Gasteiger partial charge in [-0.3, -0.25) is 4.79 Å². The second kappa shape index (κ2) is 6.53. The number of benzene rings is 1. The third kappa shape index (κ3) is 3.33. The van der Waals surface area contributed by atoms with E-state index in [2.05, 4.69) is 23.3 Å². The molecule has 0 saturated heterocycles. The molecule has 3 rings (SSSR count). The molecule has 4 nitrogen and oxygen atoms in total. The van der Waals surface area contributed by atoms with Gasteiger partial charge in [-0.25, -0.2) is 0 Å². The van der Waals surface area contributed by atoms with Gasteiger partial charge in [-0.1, -0.05) is 18.6 Å². The van der Waals surface area contributed by atoms with Crippen LogP contribution in [0.3, 0.4) is 0 Å². The number of rotatable bonds is 4. The van der Waals surface area contributed by atoms with Crippen molar-refractivity contribution in [3.8, 4) is 0 Å². The van der Waals surface area contributed by atoms with Crippen LogP contribution in [-0.2, 0) is 11.2 Å². The number of aliphatic hydroxyl groups excluding tert-OH is 1. The molecule has 2 unspecified atom stereocenters. The largest absolute Gasteiger partial charge is 0.393 e. The maximum absolute atomic E-state index is 12.2. The molecule has 2 aromatic rings. The average molecular weight is 300 g/mol. The van der Waals surface area contributed by atoms with E-state index in [1.54, 1.807) is 0 Å². The van der Waals surface area contributed by atoms with E-state index in [1.165, 1.54) is 5.56 Å². The van der Waals surface area contributed by atoms with E-state index < -0.39 is 0 Å². The van der Waals surface area contributed by atoms with Gasteiger partial charge in [-0.15, -0.1) is 0 Å². The Balaban J connectivity index is 1.59. The van der Waals surface area contributed by atoms with Crippen molar-refractivity contribution in [2.24, 2.45) is 5.92 Å². The number of aryl methyl sites for hydroxylation is 1. The number of H-pyrrole nitrogens is 1. The molecule has 0 radical (unpaired) electrons. The third-order valence-electron chi connectivity index (χ3n) is 4.69. The highest BCUT2D eigenvalue weighted by Gasteiger charge is 2.20. The maximum atomic E-state index is 12.2. The summed E-state index contributed by atoms with van der Waals surface area (Å²) in [4.78, 5) is 15.4. The molecule has 1 fully saturated rings. The molecule has 0 bridgehead atoms. The van der Waals surface area contributed by atoms with Crippen LogP contribution in [0.4, 0.5) is 0 Å². The Kier molecular flexibility index (Phi) is 4.48. The normalized spacial score (nSPS) is 21.9. The van der Waals surface area contributed by atoms with Gasteiger partial charge >= 0.3 is 0 Å². The Labute approximate surface area is 130 Å². The van der Waals surface area contributed by atoms with E-state index in [4.69, 9.17) is 0 Å². The number of aromatic nitrogens is 1. The van der Waals surface area contributed by atoms with Crippen molar-refractivity contribution >= 4 is 16.8 Å². The maximum Gasteiger partial charge on any atom is 0.224 e. The fraction of sp³-hybridized carbons (Fsp3) is 0.500. The lowest BCUT2D eigenvalue weighted by Crippen LogP contribution is -2.33. The topological polar surface area (TPSA) is 65.1 Å². The molecule has 0 aliphatic heterocycles. The van der Waals surface area contributed by atoms with Crippen molar-refractivity contribution in [3.63, 3.8) is 0 Å². The van der Waals surface area contributed by atoms with Crippen LogP contribution in [0.2, 0.25) is 0 Å². The van der Waals surface area contributed by atoms with Crippen molar-refractivity contribution in [1.82, 2.24) is 10.3 Å². The summed E-state index contributed by atoms with van der Waals surface area (Å²) in [5.41, 5.74) is 3.32. The minimum absolute atomic E-state index is 0.0595. The molecule has 1 aliphatic rings. The smallest absolute Gasteiger partial charge is 0.224 e. The van der Waals surface area contributed by atoms with Crippen LogP contribution in [0.1, 0.15) is 36.8 Å². The molecule has 3 N–H and O–H groups in total. The van der Waals surface area contributed by atoms with Gasteiger partial charge in [0.15, 0.2) is 0 Å². The summed E-state index contributed by atoms with van der Waals surface area (Å²) < 4.78 is 0. The lowest BCUT2D eigenvalue weighted by atomic mass is 9.87. The fourth-order valence-electron chi connectivity index (χ4n) is 3.53. The Morgan fingerprint density at radius 3 is 3.09 bits per heavy atom. The Morgan fingerprint density at radius 1 is 1.41 bits per heavy atom. The molecule has 1 aromatic heterocycles. The molecule has 1 saturated carbocycles. The highest BCUT2D eigenvalue weighted by molar-refractivity contribution is 5.91. The number of fused-ring (bicyclic) bond motifs is 1. The summed E-state index contributed by atoms with van der Waals surface area (Å²) in [5.74, 6) is 0.474. The van der Waals surface area contributed by atoms with Gasteiger partial charge < -0.3 is 15.4 Å². The molecule has 1 amide bonds. The summed E-state index contributed by atoms with van der Waals surface area (Å²) in [7, 11) is 0. The van der Waals surface area contributed by atoms with Crippen LogP contribution in [0.15, 0.2) is 24.4 Å². The van der Waals surface area contributed by atoms with Crippen LogP contribution >= 0.6 is 0 Å². The van der Waals surface area contributed by atoms with Crippen LogP contribution in [0.25, 0.3) is 10.9 Å². The molecule has 4 heteroatoms. The summed E-state index contributed by atoms with van der Waals surface area (Å²) >= 11 is 0. The van der Waals surface area contributed by atoms with Crippen LogP contribution in [0, 0.1) is 12.8 Å². The summed E-state index contributed by atoms with van der Waals surface area (Å²) in [6.07, 6.45) is 6.02. The number of aliphatic hydroxyl groups is 1. The summed E-state index contributed by atoms with van der Waals surface area (Å²) in [6, 6.07) is 6.13. The average Bonchev–Trinajstić information content (AvgIpc) is 2.90. The first-order valence-corrected chi connectivity index (χ1v) is 8.14. The first-order chi connectivity index (χ1) is 10.6. The highest BCUT2D eigenvalue weighted by Crippen LogP contribution is 2.24. The first-order valence-electron chi connectivity index (χ1n) is 8.14. The summed E-state index contributed by atoms with van der Waals surface area (Å²) in [6.45, 7) is 2.75. The lowest BCUT2D eigenvalue weighted by molar-refractivity contribution is -0.120. The number of aromatic amines is 1. The minimum Gasteiger partial charge on any atom is -0.393 e. The minimum atomic E-state index is -0.188. The molecule has 2 atom stereocenters. The molecule has 1 aromatic carbocycles. The van der Waals surface area contributed by atoms with Gasteiger partial charge in [0.25, 0.3) is 0 Å². The number of carbonyl (C=O) groups is 1. The van der Waals surface area contributed by atoms with Gasteiger partial charge in [0.1, 0.15) is 0 Å². The van der Waals surface area contributed by atoms with E-state index in [0.717, 1.165) is 42.1 Å². The SMILES string of the molecule is Cc1cccc2[nH]cc(CC(=O)NCC3CCCC(O)C3)c12. The van der Waals surface area contributed by atoms with Gasteiger partial charge in [-0.2, -0.15) is 0 Å². The number of hydrogen-bond acceptors (Lipinski definition) is 2. The number of hydrogen-bond donors (Lipinski definition) is 3. The predicted octanol–water partition coefficient (Wildman–Crippen LogP) is 2.69. The Bertz CT molecular complexity index is 662. The molecule has 22 heavy (non-hydrogen) atoms. The van der Waals surface area contributed by atoms with Crippen LogP contribution in [0.5, 0.6) is 0 Å². The predicted molar refractivity (Wildman–Crippen MR) is 87.7 cm³/mol. The zero-order chi connectivity index (χ0) is 15.5. The van der Waals surface area contributed by atoms with Gasteiger partial charge in [0.05, 0.1) is 12.5 Å². The zero-order valence-corrected chi connectivity index (χ0v) is 13.1. The number of nitrogens with one attached hydrogen (secondary N) is 2. The highest BCUT2D eigenvalue weighted by atomic mass is 16.3. The van der Waals surface area contributed by atoms with Crippen molar-refractivity contribution < 1.29 is 9.90 Å². The Hall–Kier alpha value is -1.81. The van der Waals surface area contributed by atoms with Gasteiger partial charge in [0.2, 0.25) is 5.91 Å². The van der Waals surface area contributed by atoms with Crippen molar-refractivity contribution in [3.05, 3.63) is 35.5 Å². The van der Waals surface area contributed by atoms with Gasteiger partial charge in [-0.05, 0) is 49.3 Å². The first kappa shape index (κ1) is 15.1. The molecular weight excluding hydrogens is 276 g/mol. The van der Waals surface area contributed by atoms with Crippen LogP contribution < -0.4 is 5.32 Å². The second-order valence-corrected chi connectivity index (χ2v) is 6.48. The molecule has 1 aliphatic carbocycles. The van der Waals surface area contributed by atoms with Crippen molar-refractivity contribution in [2.75, 3.05) is 6.54 Å². The van der Waals surface area contributed by atoms with Gasteiger partial charge in [0, 0.05) is 23.6 Å². The van der Waals surface area contributed by atoms with E-state index >= 15 is 0 Å². The number of amides is 1. The molecule has 1 heterocycles. The van der Waals surface area contributed by atoms with E-state index in [-0.39, 0.29) is 12.0 Å². The van der Waals surface area contributed by atoms with E-state index in [1.807, 2.05) is 18.3 Å². The lowest BCUT2D eigenvalue weighted by Gasteiger charge is -2.25. The monoisotopic (exact) mass is 300 g/mol. The zero-order valence-electron chi connectivity index (χ0n) is 13.1. The van der Waals surface area contributed by atoms with Crippen LogP contribution in [-0.4, -0.2) is 28.6 Å². The van der Waals surface area contributed by atoms with Crippen molar-refractivity contribution in [2.45, 2.75) is 45.1 Å².